The smallest absolute Gasteiger partial charge is 0.138 e. The van der Waals surface area contributed by atoms with E-state index in [0.29, 0.717) is 18.5 Å². The highest BCUT2D eigenvalue weighted by atomic mass is 16.3. The fourth-order valence-corrected chi connectivity index (χ4v) is 1.42. The van der Waals surface area contributed by atoms with Gasteiger partial charge in [-0.05, 0) is 37.7 Å². The molecule has 5 heteroatoms. The van der Waals surface area contributed by atoms with Crippen LogP contribution in [0.1, 0.15) is 18.1 Å². The molecule has 0 aliphatic rings. The lowest BCUT2D eigenvalue weighted by atomic mass is 10.0. The monoisotopic (exact) mass is 226 g/mol. The molecular formula is C11H18N2O3. The highest BCUT2D eigenvalue weighted by Gasteiger charge is 2.18. The largest absolute Gasteiger partial charge is 0.506 e. The van der Waals surface area contributed by atoms with Crippen molar-refractivity contribution in [3.8, 4) is 5.75 Å². The summed E-state index contributed by atoms with van der Waals surface area (Å²) in [6.07, 6.45) is -1.45. The van der Waals surface area contributed by atoms with Gasteiger partial charge in [0.15, 0.2) is 0 Å². The summed E-state index contributed by atoms with van der Waals surface area (Å²) in [5.74, 6) is -0.0858. The molecule has 5 nitrogen and oxygen atoms in total. The summed E-state index contributed by atoms with van der Waals surface area (Å²) >= 11 is 0. The van der Waals surface area contributed by atoms with Crippen LogP contribution in [0, 0.1) is 0 Å². The fraction of sp³-hybridized carbons (Fsp3) is 0.455. The van der Waals surface area contributed by atoms with Crippen LogP contribution in [0.2, 0.25) is 0 Å². The molecule has 0 aliphatic heterocycles. The zero-order valence-electron chi connectivity index (χ0n) is 9.22. The van der Waals surface area contributed by atoms with E-state index < -0.39 is 12.2 Å². The van der Waals surface area contributed by atoms with Gasteiger partial charge in [-0.2, -0.15) is 0 Å². The summed E-state index contributed by atoms with van der Waals surface area (Å²) in [5.41, 5.74) is 6.15. The maximum absolute atomic E-state index is 9.80. The van der Waals surface area contributed by atoms with Gasteiger partial charge in [-0.25, -0.2) is 0 Å². The molecule has 0 fully saturated rings. The van der Waals surface area contributed by atoms with Crippen molar-refractivity contribution < 1.29 is 15.3 Å². The van der Waals surface area contributed by atoms with Crippen molar-refractivity contribution in [2.75, 3.05) is 19.3 Å². The highest BCUT2D eigenvalue weighted by molar-refractivity contribution is 5.53. The lowest BCUT2D eigenvalue weighted by Crippen LogP contribution is -2.23. The van der Waals surface area contributed by atoms with Crippen molar-refractivity contribution in [3.63, 3.8) is 0 Å². The maximum atomic E-state index is 9.80. The number of phenols is 1. The van der Waals surface area contributed by atoms with Crippen LogP contribution >= 0.6 is 0 Å². The summed E-state index contributed by atoms with van der Waals surface area (Å²) in [4.78, 5) is 0. The standard InChI is InChI=1S/C11H18N2O3/c1-13-5-4-9(14)11(16)7-2-3-8(12)10(15)6-7/h2-3,6,9,11,13-16H,4-5,12H2,1H3. The fourth-order valence-electron chi connectivity index (χ4n) is 1.42. The van der Waals surface area contributed by atoms with E-state index in [0.717, 1.165) is 0 Å². The minimum Gasteiger partial charge on any atom is -0.506 e. The summed E-state index contributed by atoms with van der Waals surface area (Å²) < 4.78 is 0. The molecule has 1 aromatic carbocycles. The quantitative estimate of drug-likeness (QED) is 0.359. The topological polar surface area (TPSA) is 98.7 Å². The van der Waals surface area contributed by atoms with Crippen molar-refractivity contribution in [1.29, 1.82) is 0 Å². The SMILES string of the molecule is CNCCC(O)C(O)c1ccc(N)c(O)c1. The highest BCUT2D eigenvalue weighted by Crippen LogP contribution is 2.26. The molecule has 1 aromatic rings. The van der Waals surface area contributed by atoms with E-state index in [1.807, 2.05) is 0 Å². The Morgan fingerprint density at radius 2 is 2.06 bits per heavy atom. The Bertz CT molecular complexity index is 344. The molecule has 0 aromatic heterocycles. The van der Waals surface area contributed by atoms with Crippen LogP contribution in [0.4, 0.5) is 5.69 Å². The second kappa shape index (κ2) is 5.69. The van der Waals surface area contributed by atoms with Crippen LogP contribution in [0.5, 0.6) is 5.75 Å². The van der Waals surface area contributed by atoms with Crippen LogP contribution in [0.15, 0.2) is 18.2 Å². The van der Waals surface area contributed by atoms with Crippen LogP contribution in [0.3, 0.4) is 0 Å². The van der Waals surface area contributed by atoms with E-state index in [1.54, 1.807) is 13.1 Å². The van der Waals surface area contributed by atoms with Crippen LogP contribution in [-0.2, 0) is 0 Å². The number of benzene rings is 1. The lowest BCUT2D eigenvalue weighted by molar-refractivity contribution is 0.0139. The first-order chi connectivity index (χ1) is 7.56. The van der Waals surface area contributed by atoms with Gasteiger partial charge in [0.1, 0.15) is 11.9 Å². The van der Waals surface area contributed by atoms with E-state index in [9.17, 15) is 15.3 Å². The number of aliphatic hydroxyl groups excluding tert-OH is 2. The number of phenolic OH excluding ortho intramolecular Hbond substituents is 1. The third kappa shape index (κ3) is 3.10. The van der Waals surface area contributed by atoms with Crippen molar-refractivity contribution in [3.05, 3.63) is 23.8 Å². The first-order valence-corrected chi connectivity index (χ1v) is 5.15. The number of aliphatic hydroxyl groups is 2. The van der Waals surface area contributed by atoms with Gasteiger partial charge in [0.25, 0.3) is 0 Å². The van der Waals surface area contributed by atoms with Gasteiger partial charge in [0.2, 0.25) is 0 Å². The molecule has 0 bridgehead atoms. The van der Waals surface area contributed by atoms with Gasteiger partial charge in [0, 0.05) is 0 Å². The number of nitrogens with one attached hydrogen (secondary N) is 1. The number of rotatable bonds is 5. The number of aromatic hydroxyl groups is 1. The minimum absolute atomic E-state index is 0.0858. The second-order valence-corrected chi connectivity index (χ2v) is 3.72. The molecule has 2 atom stereocenters. The molecule has 1 rings (SSSR count). The van der Waals surface area contributed by atoms with Crippen LogP contribution in [0.25, 0.3) is 0 Å². The van der Waals surface area contributed by atoms with Gasteiger partial charge in [-0.1, -0.05) is 6.07 Å². The predicted molar refractivity (Wildman–Crippen MR) is 62.0 cm³/mol. The Labute approximate surface area is 94.5 Å². The van der Waals surface area contributed by atoms with Crippen LogP contribution < -0.4 is 11.1 Å². The Hall–Kier alpha value is -1.30. The van der Waals surface area contributed by atoms with Crippen molar-refractivity contribution in [2.45, 2.75) is 18.6 Å². The number of anilines is 1. The molecule has 6 N–H and O–H groups in total. The molecule has 0 radical (unpaired) electrons. The van der Waals surface area contributed by atoms with Crippen LogP contribution in [-0.4, -0.2) is 35.0 Å². The molecule has 16 heavy (non-hydrogen) atoms. The maximum Gasteiger partial charge on any atom is 0.138 e. The summed E-state index contributed by atoms with van der Waals surface area (Å²) in [6, 6.07) is 4.45. The summed E-state index contributed by atoms with van der Waals surface area (Å²) in [6.45, 7) is 0.610. The molecular weight excluding hydrogens is 208 g/mol. The molecule has 0 amide bonds. The minimum atomic E-state index is -1.01. The third-order valence-electron chi connectivity index (χ3n) is 2.45. The average Bonchev–Trinajstić information content (AvgIpc) is 2.28. The van der Waals surface area contributed by atoms with Crippen molar-refractivity contribution in [2.24, 2.45) is 0 Å². The van der Waals surface area contributed by atoms with Crippen molar-refractivity contribution >= 4 is 5.69 Å². The first kappa shape index (κ1) is 12.8. The third-order valence-corrected chi connectivity index (χ3v) is 2.45. The van der Waals surface area contributed by atoms with Gasteiger partial charge >= 0.3 is 0 Å². The molecule has 90 valence electrons. The Morgan fingerprint density at radius 3 is 2.62 bits per heavy atom. The second-order valence-electron chi connectivity index (χ2n) is 3.72. The molecule has 0 spiro atoms. The van der Waals surface area contributed by atoms with E-state index >= 15 is 0 Å². The zero-order valence-corrected chi connectivity index (χ0v) is 9.22. The van der Waals surface area contributed by atoms with E-state index in [4.69, 9.17) is 5.73 Å². The van der Waals surface area contributed by atoms with E-state index in [2.05, 4.69) is 5.32 Å². The molecule has 0 saturated heterocycles. The van der Waals surface area contributed by atoms with Crippen molar-refractivity contribution in [1.82, 2.24) is 5.32 Å². The Morgan fingerprint density at radius 1 is 1.38 bits per heavy atom. The Kier molecular flexibility index (Phi) is 4.54. The number of hydrogen-bond acceptors (Lipinski definition) is 5. The van der Waals surface area contributed by atoms with E-state index in [-0.39, 0.29) is 11.4 Å². The first-order valence-electron chi connectivity index (χ1n) is 5.15. The van der Waals surface area contributed by atoms with Gasteiger partial charge in [-0.3, -0.25) is 0 Å². The van der Waals surface area contributed by atoms with Gasteiger partial charge < -0.3 is 26.4 Å². The zero-order chi connectivity index (χ0) is 12.1. The summed E-state index contributed by atoms with van der Waals surface area (Å²) in [5, 5.41) is 31.7. The van der Waals surface area contributed by atoms with E-state index in [1.165, 1.54) is 12.1 Å². The number of nitrogen functional groups attached to an aromatic ring is 1. The Balaban J connectivity index is 2.71. The number of nitrogens with two attached hydrogens (primary N) is 1. The summed E-state index contributed by atoms with van der Waals surface area (Å²) in [7, 11) is 1.77. The van der Waals surface area contributed by atoms with Gasteiger partial charge in [-0.15, -0.1) is 0 Å². The number of hydrogen-bond donors (Lipinski definition) is 5. The average molecular weight is 226 g/mol. The molecule has 0 aliphatic carbocycles. The normalized spacial score (nSPS) is 14.7. The molecule has 2 unspecified atom stereocenters. The van der Waals surface area contributed by atoms with Gasteiger partial charge in [0.05, 0.1) is 11.8 Å². The molecule has 0 saturated carbocycles. The molecule has 0 heterocycles. The predicted octanol–water partition coefficient (Wildman–Crippen LogP) is -0.0218. The lowest BCUT2D eigenvalue weighted by Gasteiger charge is -2.18.